The maximum absolute atomic E-state index is 13.4. The zero-order chi connectivity index (χ0) is 23.5. The van der Waals surface area contributed by atoms with Crippen molar-refractivity contribution in [2.75, 3.05) is 36.8 Å². The number of para-hydroxylation sites is 2. The van der Waals surface area contributed by atoms with Crippen LogP contribution >= 0.6 is 11.8 Å². The monoisotopic (exact) mass is 470 g/mol. The first-order valence-corrected chi connectivity index (χ1v) is 12.4. The summed E-state index contributed by atoms with van der Waals surface area (Å²) in [6.07, 6.45) is 0. The second-order valence-electron chi connectivity index (χ2n) is 8.38. The molecule has 6 nitrogen and oxygen atoms in total. The Morgan fingerprint density at radius 1 is 0.882 bits per heavy atom. The number of carbonyl (C=O) groups excluding carboxylic acids is 1. The number of rotatable bonds is 5. The predicted molar refractivity (Wildman–Crippen MR) is 138 cm³/mol. The SMILES string of the molecule is Cc1cccc(-n2c(SCC(=O)N3CCN(c4ccccc4)CC3)nc3ccccc3c2=O)c1. The van der Waals surface area contributed by atoms with E-state index in [1.54, 1.807) is 10.6 Å². The highest BCUT2D eigenvalue weighted by Gasteiger charge is 2.22. The van der Waals surface area contributed by atoms with Crippen molar-refractivity contribution in [3.05, 3.63) is 94.8 Å². The highest BCUT2D eigenvalue weighted by atomic mass is 32.2. The lowest BCUT2D eigenvalue weighted by atomic mass is 10.2. The molecule has 172 valence electrons. The van der Waals surface area contributed by atoms with E-state index in [1.165, 1.54) is 17.4 Å². The molecule has 1 aromatic heterocycles. The number of piperazine rings is 1. The first-order valence-electron chi connectivity index (χ1n) is 11.4. The van der Waals surface area contributed by atoms with Crippen LogP contribution in [0.25, 0.3) is 16.6 Å². The van der Waals surface area contributed by atoms with Gasteiger partial charge >= 0.3 is 0 Å². The average Bonchev–Trinajstić information content (AvgIpc) is 2.88. The van der Waals surface area contributed by atoms with Crippen molar-refractivity contribution in [1.29, 1.82) is 0 Å². The van der Waals surface area contributed by atoms with Gasteiger partial charge in [-0.25, -0.2) is 4.98 Å². The molecule has 0 unspecified atom stereocenters. The number of aryl methyl sites for hydroxylation is 1. The Balaban J connectivity index is 1.35. The van der Waals surface area contributed by atoms with E-state index < -0.39 is 0 Å². The van der Waals surface area contributed by atoms with Crippen molar-refractivity contribution in [2.45, 2.75) is 12.1 Å². The molecule has 7 heteroatoms. The van der Waals surface area contributed by atoms with Gasteiger partial charge < -0.3 is 9.80 Å². The number of hydrogen-bond donors (Lipinski definition) is 0. The summed E-state index contributed by atoms with van der Waals surface area (Å²) in [5, 5.41) is 1.10. The molecule has 0 N–H and O–H groups in total. The Morgan fingerprint density at radius 2 is 1.59 bits per heavy atom. The van der Waals surface area contributed by atoms with Crippen LogP contribution in [0, 0.1) is 6.92 Å². The van der Waals surface area contributed by atoms with Gasteiger partial charge in [0, 0.05) is 31.9 Å². The fourth-order valence-electron chi connectivity index (χ4n) is 4.27. The lowest BCUT2D eigenvalue weighted by Gasteiger charge is -2.36. The van der Waals surface area contributed by atoms with Gasteiger partial charge in [-0.15, -0.1) is 0 Å². The minimum absolute atomic E-state index is 0.0657. The van der Waals surface area contributed by atoms with Crippen LogP contribution in [-0.4, -0.2) is 52.3 Å². The molecule has 0 radical (unpaired) electrons. The van der Waals surface area contributed by atoms with E-state index in [9.17, 15) is 9.59 Å². The average molecular weight is 471 g/mol. The molecule has 34 heavy (non-hydrogen) atoms. The number of thioether (sulfide) groups is 1. The maximum atomic E-state index is 13.4. The zero-order valence-corrected chi connectivity index (χ0v) is 19.9. The number of fused-ring (bicyclic) bond motifs is 1. The number of anilines is 1. The van der Waals surface area contributed by atoms with Crippen molar-refractivity contribution in [3.63, 3.8) is 0 Å². The molecule has 1 aliphatic rings. The number of amides is 1. The van der Waals surface area contributed by atoms with Gasteiger partial charge in [0.25, 0.3) is 5.56 Å². The molecule has 1 fully saturated rings. The molecule has 0 spiro atoms. The standard InChI is InChI=1S/C27H26N4O2S/c1-20-8-7-11-22(18-20)31-26(33)23-12-5-6-13-24(23)28-27(31)34-19-25(32)30-16-14-29(15-17-30)21-9-3-2-4-10-21/h2-13,18H,14-17,19H2,1H3. The fourth-order valence-corrected chi connectivity index (χ4v) is 5.19. The Hall–Kier alpha value is -3.58. The molecular formula is C27H26N4O2S. The lowest BCUT2D eigenvalue weighted by molar-refractivity contribution is -0.128. The number of aromatic nitrogens is 2. The normalized spacial score (nSPS) is 13.9. The van der Waals surface area contributed by atoms with E-state index >= 15 is 0 Å². The van der Waals surface area contributed by atoms with E-state index in [0.29, 0.717) is 29.1 Å². The first-order chi connectivity index (χ1) is 16.6. The van der Waals surface area contributed by atoms with Gasteiger partial charge in [0.15, 0.2) is 5.16 Å². The molecular weight excluding hydrogens is 444 g/mol. The lowest BCUT2D eigenvalue weighted by Crippen LogP contribution is -2.49. The Morgan fingerprint density at radius 3 is 2.35 bits per heavy atom. The topological polar surface area (TPSA) is 58.4 Å². The summed E-state index contributed by atoms with van der Waals surface area (Å²) in [5.41, 5.74) is 3.52. The smallest absolute Gasteiger partial charge is 0.266 e. The van der Waals surface area contributed by atoms with E-state index in [0.717, 1.165) is 24.3 Å². The number of benzene rings is 3. The van der Waals surface area contributed by atoms with E-state index in [-0.39, 0.29) is 17.2 Å². The second kappa shape index (κ2) is 9.73. The van der Waals surface area contributed by atoms with Gasteiger partial charge in [-0.2, -0.15) is 0 Å². The largest absolute Gasteiger partial charge is 0.368 e. The molecule has 4 aromatic rings. The third-order valence-corrected chi connectivity index (χ3v) is 7.01. The Bertz CT molecular complexity index is 1380. The number of hydrogen-bond acceptors (Lipinski definition) is 5. The highest BCUT2D eigenvalue weighted by molar-refractivity contribution is 7.99. The summed E-state index contributed by atoms with van der Waals surface area (Å²) in [6.45, 7) is 4.98. The van der Waals surface area contributed by atoms with E-state index in [4.69, 9.17) is 4.98 Å². The molecule has 0 bridgehead atoms. The highest BCUT2D eigenvalue weighted by Crippen LogP contribution is 2.23. The molecule has 0 saturated carbocycles. The summed E-state index contributed by atoms with van der Waals surface area (Å²) in [7, 11) is 0. The molecule has 5 rings (SSSR count). The van der Waals surface area contributed by atoms with Gasteiger partial charge in [-0.05, 0) is 48.9 Å². The minimum atomic E-state index is -0.123. The molecule has 0 aliphatic carbocycles. The fraction of sp³-hybridized carbons (Fsp3) is 0.222. The van der Waals surface area contributed by atoms with Crippen LogP contribution in [0.1, 0.15) is 5.56 Å². The van der Waals surface area contributed by atoms with Crippen molar-refractivity contribution in [3.8, 4) is 5.69 Å². The Labute approximate surface area is 202 Å². The van der Waals surface area contributed by atoms with Gasteiger partial charge in [-0.3, -0.25) is 14.2 Å². The van der Waals surface area contributed by atoms with Gasteiger partial charge in [0.05, 0.1) is 22.3 Å². The summed E-state index contributed by atoms with van der Waals surface area (Å²) in [6, 6.07) is 25.4. The van der Waals surface area contributed by atoms with E-state index in [1.807, 2.05) is 72.5 Å². The van der Waals surface area contributed by atoms with Gasteiger partial charge in [0.1, 0.15) is 0 Å². The van der Waals surface area contributed by atoms with Crippen molar-refractivity contribution < 1.29 is 4.79 Å². The van der Waals surface area contributed by atoms with Crippen LogP contribution in [0.4, 0.5) is 5.69 Å². The zero-order valence-electron chi connectivity index (χ0n) is 19.1. The molecule has 0 atom stereocenters. The molecule has 2 heterocycles. The summed E-state index contributed by atoms with van der Waals surface area (Å²) in [4.78, 5) is 35.4. The van der Waals surface area contributed by atoms with Crippen LogP contribution in [0.15, 0.2) is 88.8 Å². The maximum Gasteiger partial charge on any atom is 0.266 e. The minimum Gasteiger partial charge on any atom is -0.368 e. The molecule has 1 amide bonds. The first kappa shape index (κ1) is 22.2. The summed E-state index contributed by atoms with van der Waals surface area (Å²) >= 11 is 1.32. The molecule has 1 saturated heterocycles. The van der Waals surface area contributed by atoms with E-state index in [2.05, 4.69) is 17.0 Å². The van der Waals surface area contributed by atoms with Crippen LogP contribution in [0.5, 0.6) is 0 Å². The quantitative estimate of drug-likeness (QED) is 0.324. The van der Waals surface area contributed by atoms with Crippen molar-refractivity contribution in [2.24, 2.45) is 0 Å². The Kier molecular flexibility index (Phi) is 6.36. The molecule has 1 aliphatic heterocycles. The van der Waals surface area contributed by atoms with Crippen LogP contribution in [0.3, 0.4) is 0 Å². The van der Waals surface area contributed by atoms with Gasteiger partial charge in [-0.1, -0.05) is 54.2 Å². The van der Waals surface area contributed by atoms with Crippen LogP contribution in [0.2, 0.25) is 0 Å². The summed E-state index contributed by atoms with van der Waals surface area (Å²) in [5.74, 6) is 0.304. The van der Waals surface area contributed by atoms with Crippen LogP contribution in [-0.2, 0) is 4.79 Å². The second-order valence-corrected chi connectivity index (χ2v) is 9.33. The predicted octanol–water partition coefficient (Wildman–Crippen LogP) is 4.14. The third kappa shape index (κ3) is 4.56. The number of carbonyl (C=O) groups is 1. The summed E-state index contributed by atoms with van der Waals surface area (Å²) < 4.78 is 1.63. The van der Waals surface area contributed by atoms with Gasteiger partial charge in [0.2, 0.25) is 5.91 Å². The van der Waals surface area contributed by atoms with Crippen LogP contribution < -0.4 is 10.5 Å². The van der Waals surface area contributed by atoms with Crippen molar-refractivity contribution >= 4 is 34.3 Å². The number of nitrogens with zero attached hydrogens (tertiary/aromatic N) is 4. The van der Waals surface area contributed by atoms with Crippen molar-refractivity contribution in [1.82, 2.24) is 14.5 Å². The molecule has 3 aromatic carbocycles. The third-order valence-electron chi connectivity index (χ3n) is 6.08.